The van der Waals surface area contributed by atoms with Crippen molar-refractivity contribution in [3.63, 3.8) is 0 Å². The van der Waals surface area contributed by atoms with Crippen molar-refractivity contribution < 1.29 is 19.1 Å². The molecule has 2 aromatic carbocycles. The minimum atomic E-state index is -0.440. The molecule has 2 unspecified atom stereocenters. The van der Waals surface area contributed by atoms with E-state index in [4.69, 9.17) is 9.47 Å². The van der Waals surface area contributed by atoms with E-state index in [1.54, 1.807) is 0 Å². The third-order valence-electron chi connectivity index (χ3n) is 13.1. The summed E-state index contributed by atoms with van der Waals surface area (Å²) in [6.45, 7) is 33.3. The third kappa shape index (κ3) is 13.4. The molecule has 12 heteroatoms. The number of amides is 2. The minimum absolute atomic E-state index is 0.171. The maximum Gasteiger partial charge on any atom is 0.410 e. The number of hydrogen-bond acceptors (Lipinski definition) is 8. The summed E-state index contributed by atoms with van der Waals surface area (Å²) in [5.74, 6) is 0. The number of piperazine rings is 2. The highest BCUT2D eigenvalue weighted by Crippen LogP contribution is 2.32. The van der Waals surface area contributed by atoms with Gasteiger partial charge in [-0.25, -0.2) is 9.59 Å². The van der Waals surface area contributed by atoms with Gasteiger partial charge in [-0.15, -0.1) is 0 Å². The highest BCUT2D eigenvalue weighted by Gasteiger charge is 2.39. The number of hydrogen-bond donors (Lipinski definition) is 0. The molecule has 0 saturated carbocycles. The average molecular weight is 961 g/mol. The smallest absolute Gasteiger partial charge is 0.410 e. The molecular weight excluding hydrogens is 884 g/mol. The monoisotopic (exact) mass is 958 g/mol. The van der Waals surface area contributed by atoms with Gasteiger partial charge in [-0.3, -0.25) is 19.6 Å². The van der Waals surface area contributed by atoms with E-state index >= 15 is 0 Å². The molecule has 0 aromatic heterocycles. The van der Waals surface area contributed by atoms with Crippen LogP contribution in [-0.2, 0) is 9.47 Å². The Morgan fingerprint density at radius 2 is 0.883 bits per heavy atom. The fourth-order valence-electron chi connectivity index (χ4n) is 9.82. The predicted octanol–water partition coefficient (Wildman–Crippen LogP) is 10.6. The summed E-state index contributed by atoms with van der Waals surface area (Å²) in [6.07, 6.45) is 3.75. The molecule has 2 amide bonds. The first kappa shape index (κ1) is 48.8. The van der Waals surface area contributed by atoms with Gasteiger partial charge in [-0.2, -0.15) is 0 Å². The molecule has 60 heavy (non-hydrogen) atoms. The molecular formula is C48H76Br2N6O4. The lowest BCUT2D eigenvalue weighted by Gasteiger charge is -2.48. The number of benzene rings is 2. The summed E-state index contributed by atoms with van der Waals surface area (Å²) in [6, 6.07) is 20.8. The SMILES string of the molecule is C[C@@H]1CC(N2CCN([C@@H](C)c3ccc(Br)cc3)[C@H](C)C2)CCN1C(=O)OC(C)(C)C.C[C@@H]1CN(C2CCN(C(=O)OC(C)(C)C)[C@@H](C)C2)CCN1[C@@H](C)c1ccc(Br)cc1. The van der Waals surface area contributed by atoms with Crippen molar-refractivity contribution in [1.29, 1.82) is 0 Å². The van der Waals surface area contributed by atoms with Gasteiger partial charge in [0.15, 0.2) is 0 Å². The van der Waals surface area contributed by atoms with Crippen LogP contribution in [0.1, 0.15) is 132 Å². The molecule has 8 atom stereocenters. The van der Waals surface area contributed by atoms with E-state index in [2.05, 4.69) is 142 Å². The van der Waals surface area contributed by atoms with Crippen molar-refractivity contribution in [2.24, 2.45) is 0 Å². The summed E-state index contributed by atoms with van der Waals surface area (Å²) < 4.78 is 13.5. The lowest BCUT2D eigenvalue weighted by molar-refractivity contribution is -0.0151. The molecule has 4 heterocycles. The van der Waals surface area contributed by atoms with Gasteiger partial charge in [0.1, 0.15) is 11.2 Å². The van der Waals surface area contributed by atoms with Crippen LogP contribution in [0.4, 0.5) is 9.59 Å². The number of likely N-dealkylation sites (tertiary alicyclic amines) is 2. The van der Waals surface area contributed by atoms with E-state index in [-0.39, 0.29) is 24.3 Å². The van der Waals surface area contributed by atoms with E-state index in [9.17, 15) is 9.59 Å². The van der Waals surface area contributed by atoms with Crippen LogP contribution in [0.5, 0.6) is 0 Å². The van der Waals surface area contributed by atoms with Crippen LogP contribution in [0.25, 0.3) is 0 Å². The number of rotatable bonds is 6. The van der Waals surface area contributed by atoms with Gasteiger partial charge in [0.2, 0.25) is 0 Å². The highest BCUT2D eigenvalue weighted by molar-refractivity contribution is 9.10. The second kappa shape index (κ2) is 21.0. The van der Waals surface area contributed by atoms with E-state index in [0.717, 1.165) is 87.0 Å². The fourth-order valence-corrected chi connectivity index (χ4v) is 10.3. The topological polar surface area (TPSA) is 72.0 Å². The Balaban J connectivity index is 0.000000228. The Kier molecular flexibility index (Phi) is 17.1. The summed E-state index contributed by atoms with van der Waals surface area (Å²) in [5.41, 5.74) is 1.87. The van der Waals surface area contributed by atoms with Gasteiger partial charge >= 0.3 is 12.2 Å². The van der Waals surface area contributed by atoms with Crippen molar-refractivity contribution in [2.75, 3.05) is 52.4 Å². The average Bonchev–Trinajstić information content (AvgIpc) is 3.16. The van der Waals surface area contributed by atoms with E-state index in [0.29, 0.717) is 36.3 Å². The van der Waals surface area contributed by atoms with Crippen molar-refractivity contribution in [1.82, 2.24) is 29.4 Å². The molecule has 2 aromatic rings. The fraction of sp³-hybridized carbons (Fsp3) is 0.708. The largest absolute Gasteiger partial charge is 0.444 e. The standard InChI is InChI=1S/2C24H38BrN3O2/c2*1-17-15-22(11-12-28(17)23(29)30-24(4,5)6)26-13-14-27(18(2)16-26)19(3)20-7-9-21(25)10-8-20/h2*7-10,17-19,22H,11-16H2,1-6H3/t17-,18+,19-,22?;17-,18-,19+,22?/m01/s1. The van der Waals surface area contributed by atoms with Gasteiger partial charge < -0.3 is 19.3 Å². The maximum absolute atomic E-state index is 12.5. The molecule has 336 valence electrons. The quantitative estimate of drug-likeness (QED) is 0.284. The molecule has 0 bridgehead atoms. The van der Waals surface area contributed by atoms with Crippen molar-refractivity contribution in [2.45, 2.75) is 168 Å². The number of halogens is 2. The summed E-state index contributed by atoms with van der Waals surface area (Å²) in [4.78, 5) is 39.4. The van der Waals surface area contributed by atoms with Gasteiger partial charge in [-0.05, 0) is 144 Å². The van der Waals surface area contributed by atoms with Crippen LogP contribution in [0, 0.1) is 0 Å². The Morgan fingerprint density at radius 1 is 0.550 bits per heavy atom. The zero-order chi connectivity index (χ0) is 44.1. The first-order valence-corrected chi connectivity index (χ1v) is 24.2. The van der Waals surface area contributed by atoms with Crippen molar-refractivity contribution in [3.8, 4) is 0 Å². The number of piperidine rings is 2. The Bertz CT molecular complexity index is 1560. The number of carbonyl (C=O) groups excluding carboxylic acids is 2. The molecule has 10 nitrogen and oxygen atoms in total. The lowest BCUT2D eigenvalue weighted by atomic mass is 9.95. The molecule has 0 radical (unpaired) electrons. The van der Waals surface area contributed by atoms with Gasteiger partial charge in [0.25, 0.3) is 0 Å². The number of carbonyl (C=O) groups is 2. The molecule has 4 aliphatic rings. The number of nitrogens with zero attached hydrogens (tertiary/aromatic N) is 6. The highest BCUT2D eigenvalue weighted by atomic mass is 79.9. The molecule has 0 N–H and O–H groups in total. The lowest BCUT2D eigenvalue weighted by Crippen LogP contribution is -2.58. The normalized spacial score (nSPS) is 27.7. The molecule has 4 fully saturated rings. The Hall–Kier alpha value is -2.22. The first-order chi connectivity index (χ1) is 28.1. The summed E-state index contributed by atoms with van der Waals surface area (Å²) in [7, 11) is 0. The van der Waals surface area contributed by atoms with Crippen LogP contribution in [-0.4, -0.2) is 141 Å². The molecule has 6 rings (SSSR count). The zero-order valence-corrected chi connectivity index (χ0v) is 42.0. The number of ether oxygens (including phenoxy) is 2. The zero-order valence-electron chi connectivity index (χ0n) is 38.8. The van der Waals surface area contributed by atoms with Crippen LogP contribution in [0.3, 0.4) is 0 Å². The second-order valence-corrected chi connectivity index (χ2v) is 21.9. The second-order valence-electron chi connectivity index (χ2n) is 20.0. The van der Waals surface area contributed by atoms with Crippen molar-refractivity contribution in [3.05, 3.63) is 68.6 Å². The van der Waals surface area contributed by atoms with E-state index in [1.807, 2.05) is 51.3 Å². The van der Waals surface area contributed by atoms with E-state index < -0.39 is 11.2 Å². The summed E-state index contributed by atoms with van der Waals surface area (Å²) in [5, 5.41) is 0. The minimum Gasteiger partial charge on any atom is -0.444 e. The maximum atomic E-state index is 12.5. The summed E-state index contributed by atoms with van der Waals surface area (Å²) >= 11 is 7.07. The third-order valence-corrected chi connectivity index (χ3v) is 14.2. The van der Waals surface area contributed by atoms with Crippen LogP contribution >= 0.6 is 31.9 Å². The molecule has 0 aliphatic carbocycles. The van der Waals surface area contributed by atoms with Crippen molar-refractivity contribution >= 4 is 44.0 Å². The van der Waals surface area contributed by atoms with Gasteiger partial charge in [-0.1, -0.05) is 56.1 Å². The first-order valence-electron chi connectivity index (χ1n) is 22.6. The van der Waals surface area contributed by atoms with Crippen LogP contribution < -0.4 is 0 Å². The molecule has 4 saturated heterocycles. The van der Waals surface area contributed by atoms with E-state index in [1.165, 1.54) is 11.1 Å². The van der Waals surface area contributed by atoms with Crippen LogP contribution in [0.2, 0.25) is 0 Å². The Labute approximate surface area is 379 Å². The molecule has 4 aliphatic heterocycles. The van der Waals surface area contributed by atoms with Gasteiger partial charge in [0, 0.05) is 110 Å². The predicted molar refractivity (Wildman–Crippen MR) is 251 cm³/mol. The Morgan fingerprint density at radius 3 is 1.17 bits per heavy atom. The van der Waals surface area contributed by atoms with Gasteiger partial charge in [0.05, 0.1) is 0 Å². The van der Waals surface area contributed by atoms with Crippen LogP contribution in [0.15, 0.2) is 57.5 Å². The molecule has 0 spiro atoms.